The summed E-state index contributed by atoms with van der Waals surface area (Å²) in [5, 5.41) is 0. The Morgan fingerprint density at radius 1 is 0.394 bits per heavy atom. The van der Waals surface area contributed by atoms with Crippen molar-refractivity contribution in [3.8, 4) is 0 Å². The summed E-state index contributed by atoms with van der Waals surface area (Å²) < 4.78 is 0. The second-order valence-corrected chi connectivity index (χ2v) is 10.8. The maximum Gasteiger partial charge on any atom is 0.101 e. The molecule has 196 valence electrons. The maximum absolute atomic E-state index is 2.67. The van der Waals surface area contributed by atoms with Gasteiger partial charge < -0.3 is 9.80 Å². The van der Waals surface area contributed by atoms with Gasteiger partial charge in [-0.05, 0) is 25.7 Å². The molecule has 1 heterocycles. The fourth-order valence-electron chi connectivity index (χ4n) is 5.30. The number of rotatable bonds is 25. The summed E-state index contributed by atoms with van der Waals surface area (Å²) in [4.78, 5) is 5.33. The van der Waals surface area contributed by atoms with E-state index >= 15 is 0 Å². The quantitative estimate of drug-likeness (QED) is 0.124. The van der Waals surface area contributed by atoms with E-state index in [1.807, 2.05) is 0 Å². The second-order valence-electron chi connectivity index (χ2n) is 10.8. The van der Waals surface area contributed by atoms with Gasteiger partial charge in [0.25, 0.3) is 0 Å². The Bertz CT molecular complexity index is 419. The Balaban J connectivity index is 2.06. The van der Waals surface area contributed by atoms with Crippen molar-refractivity contribution in [3.05, 3.63) is 12.4 Å². The third-order valence-electron chi connectivity index (χ3n) is 7.57. The number of unbranched alkanes of at least 4 members (excludes halogenated alkanes) is 19. The van der Waals surface area contributed by atoms with Crippen LogP contribution in [0.25, 0.3) is 0 Å². The van der Waals surface area contributed by atoms with Crippen LogP contribution in [0.5, 0.6) is 0 Å². The first-order valence-electron chi connectivity index (χ1n) is 15.5. The van der Waals surface area contributed by atoms with Crippen LogP contribution in [0, 0.1) is 0 Å². The van der Waals surface area contributed by atoms with Crippen molar-refractivity contribution in [1.29, 1.82) is 0 Å². The SMILES string of the molecule is CCCCCCCCCCCCCCCCN1C=CN(CCCCCCC)C1CCCCC. The molecule has 1 rings (SSSR count). The molecule has 0 aromatic carbocycles. The van der Waals surface area contributed by atoms with Gasteiger partial charge in [0.2, 0.25) is 0 Å². The van der Waals surface area contributed by atoms with Gasteiger partial charge in [0.05, 0.1) is 0 Å². The van der Waals surface area contributed by atoms with Gasteiger partial charge in [-0.3, -0.25) is 0 Å². The largest absolute Gasteiger partial charge is 0.356 e. The smallest absolute Gasteiger partial charge is 0.101 e. The standard InChI is InChI=1S/C31H62N2/c1-4-7-10-12-13-14-15-16-17-18-19-20-22-25-28-33-30-29-32(27-24-21-11-8-5-2)31(33)26-23-9-6-3/h29-31H,4-28H2,1-3H3. The summed E-state index contributed by atoms with van der Waals surface area (Å²) in [7, 11) is 0. The van der Waals surface area contributed by atoms with Gasteiger partial charge in [0, 0.05) is 25.5 Å². The average molecular weight is 463 g/mol. The first-order valence-corrected chi connectivity index (χ1v) is 15.5. The molecule has 0 bridgehead atoms. The monoisotopic (exact) mass is 462 g/mol. The number of hydrogen-bond donors (Lipinski definition) is 0. The molecule has 1 atom stereocenters. The van der Waals surface area contributed by atoms with Crippen molar-refractivity contribution in [1.82, 2.24) is 9.80 Å². The van der Waals surface area contributed by atoms with E-state index in [1.165, 1.54) is 161 Å². The van der Waals surface area contributed by atoms with Crippen LogP contribution in [0.3, 0.4) is 0 Å². The van der Waals surface area contributed by atoms with Crippen LogP contribution >= 0.6 is 0 Å². The number of hydrogen-bond acceptors (Lipinski definition) is 2. The van der Waals surface area contributed by atoms with E-state index in [0.29, 0.717) is 6.17 Å². The fraction of sp³-hybridized carbons (Fsp3) is 0.935. The van der Waals surface area contributed by atoms with Crippen LogP contribution in [-0.4, -0.2) is 29.1 Å². The topological polar surface area (TPSA) is 6.48 Å². The maximum atomic E-state index is 2.67. The van der Waals surface area contributed by atoms with Crippen molar-refractivity contribution < 1.29 is 0 Å². The highest BCUT2D eigenvalue weighted by Crippen LogP contribution is 2.23. The van der Waals surface area contributed by atoms with Gasteiger partial charge in [0.1, 0.15) is 6.17 Å². The van der Waals surface area contributed by atoms with E-state index in [9.17, 15) is 0 Å². The molecule has 0 N–H and O–H groups in total. The van der Waals surface area contributed by atoms with Crippen molar-refractivity contribution in [2.45, 2.75) is 175 Å². The highest BCUT2D eigenvalue weighted by atomic mass is 15.4. The highest BCUT2D eigenvalue weighted by Gasteiger charge is 2.24. The van der Waals surface area contributed by atoms with Crippen LogP contribution in [-0.2, 0) is 0 Å². The average Bonchev–Trinajstić information content (AvgIpc) is 3.20. The minimum Gasteiger partial charge on any atom is -0.356 e. The molecule has 0 aromatic heterocycles. The number of nitrogens with zero attached hydrogens (tertiary/aromatic N) is 2. The van der Waals surface area contributed by atoms with E-state index in [0.717, 1.165) is 0 Å². The van der Waals surface area contributed by atoms with Crippen LogP contribution in [0.1, 0.15) is 168 Å². The Morgan fingerprint density at radius 2 is 0.697 bits per heavy atom. The van der Waals surface area contributed by atoms with Crippen LogP contribution in [0.15, 0.2) is 12.4 Å². The lowest BCUT2D eigenvalue weighted by molar-refractivity contribution is 0.135. The summed E-state index contributed by atoms with van der Waals surface area (Å²) in [6.45, 7) is 9.45. The van der Waals surface area contributed by atoms with Crippen molar-refractivity contribution in [3.63, 3.8) is 0 Å². The molecule has 0 aliphatic carbocycles. The first kappa shape index (κ1) is 30.4. The molecule has 0 saturated heterocycles. The van der Waals surface area contributed by atoms with E-state index < -0.39 is 0 Å². The van der Waals surface area contributed by atoms with Gasteiger partial charge in [-0.1, -0.05) is 143 Å². The molecule has 0 amide bonds. The fourth-order valence-corrected chi connectivity index (χ4v) is 5.30. The van der Waals surface area contributed by atoms with E-state index in [-0.39, 0.29) is 0 Å². The Hall–Kier alpha value is -0.660. The zero-order chi connectivity index (χ0) is 23.8. The van der Waals surface area contributed by atoms with Gasteiger partial charge in [0.15, 0.2) is 0 Å². The molecule has 2 nitrogen and oxygen atoms in total. The Kier molecular flexibility index (Phi) is 21.3. The highest BCUT2D eigenvalue weighted by molar-refractivity contribution is 4.96. The first-order chi connectivity index (χ1) is 16.3. The van der Waals surface area contributed by atoms with Gasteiger partial charge in [-0.2, -0.15) is 0 Å². The molecular formula is C31H62N2. The van der Waals surface area contributed by atoms with Gasteiger partial charge in [-0.25, -0.2) is 0 Å². The van der Waals surface area contributed by atoms with E-state index in [4.69, 9.17) is 0 Å². The molecule has 1 aliphatic heterocycles. The third kappa shape index (κ3) is 16.6. The normalized spacial score (nSPS) is 15.8. The van der Waals surface area contributed by atoms with E-state index in [2.05, 4.69) is 43.0 Å². The lowest BCUT2D eigenvalue weighted by Crippen LogP contribution is -2.39. The molecule has 0 saturated carbocycles. The zero-order valence-corrected chi connectivity index (χ0v) is 23.3. The summed E-state index contributed by atoms with van der Waals surface area (Å²) >= 11 is 0. The van der Waals surface area contributed by atoms with Crippen LogP contribution in [0.4, 0.5) is 0 Å². The lowest BCUT2D eigenvalue weighted by Gasteiger charge is -2.33. The minimum absolute atomic E-state index is 0.643. The molecule has 1 unspecified atom stereocenters. The molecule has 1 aliphatic rings. The molecule has 2 heteroatoms. The summed E-state index contributed by atoms with van der Waals surface area (Å²) in [5.74, 6) is 0. The molecule has 0 aromatic rings. The lowest BCUT2D eigenvalue weighted by atomic mass is 10.0. The summed E-state index contributed by atoms with van der Waals surface area (Å²) in [5.41, 5.74) is 0. The Labute approximate surface area is 210 Å². The zero-order valence-electron chi connectivity index (χ0n) is 23.3. The van der Waals surface area contributed by atoms with Crippen LogP contribution in [0.2, 0.25) is 0 Å². The van der Waals surface area contributed by atoms with Crippen LogP contribution < -0.4 is 0 Å². The minimum atomic E-state index is 0.643. The molecular weight excluding hydrogens is 400 g/mol. The molecule has 0 spiro atoms. The second kappa shape index (κ2) is 23.1. The van der Waals surface area contributed by atoms with Crippen molar-refractivity contribution >= 4 is 0 Å². The summed E-state index contributed by atoms with van der Waals surface area (Å²) in [6, 6.07) is 0. The summed E-state index contributed by atoms with van der Waals surface area (Å²) in [6.07, 6.45) is 38.1. The predicted octanol–water partition coefficient (Wildman–Crippen LogP) is 10.4. The van der Waals surface area contributed by atoms with E-state index in [1.54, 1.807) is 0 Å². The van der Waals surface area contributed by atoms with Crippen molar-refractivity contribution in [2.24, 2.45) is 0 Å². The third-order valence-corrected chi connectivity index (χ3v) is 7.57. The molecule has 0 radical (unpaired) electrons. The molecule has 0 fully saturated rings. The Morgan fingerprint density at radius 3 is 1.06 bits per heavy atom. The van der Waals surface area contributed by atoms with Gasteiger partial charge in [-0.15, -0.1) is 0 Å². The van der Waals surface area contributed by atoms with Gasteiger partial charge >= 0.3 is 0 Å². The van der Waals surface area contributed by atoms with Crippen molar-refractivity contribution in [2.75, 3.05) is 13.1 Å². The molecule has 33 heavy (non-hydrogen) atoms. The predicted molar refractivity (Wildman–Crippen MR) is 150 cm³/mol.